The third-order valence-corrected chi connectivity index (χ3v) is 13.0. The number of nitrogens with one attached hydrogen (secondary N) is 2. The van der Waals surface area contributed by atoms with Crippen LogP contribution in [0.25, 0.3) is 0 Å². The molecule has 0 aromatic heterocycles. The van der Waals surface area contributed by atoms with E-state index in [-0.39, 0.29) is 19.8 Å². The van der Waals surface area contributed by atoms with Gasteiger partial charge in [0.15, 0.2) is 49.6 Å². The zero-order valence-electron chi connectivity index (χ0n) is 43.4. The van der Waals surface area contributed by atoms with E-state index in [1.54, 1.807) is 60.7 Å². The van der Waals surface area contributed by atoms with E-state index in [0.29, 0.717) is 11.1 Å². The van der Waals surface area contributed by atoms with E-state index < -0.39 is 173 Å². The zero-order chi connectivity index (χ0) is 59.2. The van der Waals surface area contributed by atoms with Crippen molar-refractivity contribution in [3.8, 4) is 0 Å². The van der Waals surface area contributed by atoms with Gasteiger partial charge in [-0.2, -0.15) is 0 Å². The van der Waals surface area contributed by atoms with Gasteiger partial charge in [0.2, 0.25) is 9.70 Å². The van der Waals surface area contributed by atoms with Gasteiger partial charge in [0.25, 0.3) is 9.70 Å². The third-order valence-electron chi connectivity index (χ3n) is 11.9. The molecule has 2 N–H and O–H groups in total. The van der Waals surface area contributed by atoms with Gasteiger partial charge in [0.1, 0.15) is 67.8 Å². The summed E-state index contributed by atoms with van der Waals surface area (Å²) >= 11 is 42.0. The maximum absolute atomic E-state index is 13.8. The molecule has 16 atom stereocenters. The topological polar surface area (TPSA) is 282 Å². The first-order chi connectivity index (χ1) is 38.3. The summed E-state index contributed by atoms with van der Waals surface area (Å²) in [5.74, 6) is -6.65. The number of alkyl halides is 7. The highest BCUT2D eigenvalue weighted by Crippen LogP contribution is 2.41. The van der Waals surface area contributed by atoms with Crippen molar-refractivity contribution in [3.05, 3.63) is 84.4 Å². The number of halogens is 7. The molecular weight excluding hydrogens is 1230 g/mol. The molecule has 2 aromatic rings. The van der Waals surface area contributed by atoms with E-state index in [1.807, 2.05) is 0 Å². The highest BCUT2D eigenvalue weighted by molar-refractivity contribution is 6.76. The van der Waals surface area contributed by atoms with Crippen LogP contribution in [0.1, 0.15) is 45.1 Å². The Hall–Kier alpha value is -4.06. The highest BCUT2D eigenvalue weighted by atomic mass is 35.6. The third kappa shape index (κ3) is 19.5. The summed E-state index contributed by atoms with van der Waals surface area (Å²) < 4.78 is 86.7. The average molecular weight is 1290 g/mol. The van der Waals surface area contributed by atoms with Crippen LogP contribution in [0.3, 0.4) is 0 Å². The lowest BCUT2D eigenvalue weighted by atomic mass is 9.93. The fourth-order valence-electron chi connectivity index (χ4n) is 8.80. The summed E-state index contributed by atoms with van der Waals surface area (Å²) in [5, 5.41) is 5.12. The largest absolute Gasteiger partial charge is 0.508 e. The number of benzene rings is 2. The molecule has 4 fully saturated rings. The number of amides is 2. The SMILES string of the molecule is C=CCO[C@@H]1O[C@H](COCc2ccccc2)[C@@H](O[C@@H]2O[C@H](COC(C)=O)[C@H](OC(C)=O)[C@H](O[C@@H]3O[C@@H]4CO[C@@H](c5ccccc5)O[C@H]4[C@H](OC(=O)CCl)[C@H]3NC(=O)C(Cl)(Cl)Cl)[C@H]2OC(C)=O)[C@H](OC(=O)OCC(Cl)(Cl)Cl)[C@H]1NC(C)=O. The van der Waals surface area contributed by atoms with Crippen molar-refractivity contribution in [2.75, 3.05) is 38.9 Å². The monoisotopic (exact) mass is 1280 g/mol. The fraction of sp³-hybridized carbons (Fsp3) is 0.580. The van der Waals surface area contributed by atoms with E-state index in [0.717, 1.165) is 27.7 Å². The Bertz CT molecular complexity index is 2460. The molecule has 448 valence electrons. The normalized spacial score (nSPS) is 30.3. The van der Waals surface area contributed by atoms with Gasteiger partial charge in [-0.1, -0.05) is 136 Å². The van der Waals surface area contributed by atoms with Crippen LogP contribution in [-0.4, -0.2) is 180 Å². The Kier molecular flexibility index (Phi) is 25.0. The van der Waals surface area contributed by atoms with Gasteiger partial charge < -0.3 is 81.7 Å². The minimum Gasteiger partial charge on any atom is -0.463 e. The van der Waals surface area contributed by atoms with Crippen LogP contribution < -0.4 is 10.6 Å². The molecule has 0 spiro atoms. The van der Waals surface area contributed by atoms with Crippen molar-refractivity contribution in [2.24, 2.45) is 0 Å². The van der Waals surface area contributed by atoms with Crippen molar-refractivity contribution in [2.45, 2.75) is 140 Å². The van der Waals surface area contributed by atoms with Crippen molar-refractivity contribution >= 4 is 123 Å². The van der Waals surface area contributed by atoms with E-state index in [2.05, 4.69) is 17.2 Å². The Morgan fingerprint density at radius 3 is 1.88 bits per heavy atom. The summed E-state index contributed by atoms with van der Waals surface area (Å²) in [7, 11) is 0. The molecule has 2 aromatic carbocycles. The molecule has 4 heterocycles. The predicted molar refractivity (Wildman–Crippen MR) is 283 cm³/mol. The molecule has 4 saturated heterocycles. The molecule has 0 bridgehead atoms. The maximum atomic E-state index is 13.8. The number of rotatable bonds is 22. The van der Waals surface area contributed by atoms with Gasteiger partial charge in [-0.05, 0) is 5.56 Å². The van der Waals surface area contributed by atoms with Gasteiger partial charge in [-0.15, -0.1) is 18.2 Å². The van der Waals surface area contributed by atoms with Gasteiger partial charge in [-0.25, -0.2) is 4.79 Å². The van der Waals surface area contributed by atoms with Crippen LogP contribution in [0.15, 0.2) is 73.3 Å². The molecule has 2 amide bonds. The van der Waals surface area contributed by atoms with Gasteiger partial charge in [-0.3, -0.25) is 28.8 Å². The highest BCUT2D eigenvalue weighted by Gasteiger charge is 2.60. The van der Waals surface area contributed by atoms with Crippen LogP contribution >= 0.6 is 81.2 Å². The second-order valence-corrected chi connectivity index (χ2v) is 23.2. The van der Waals surface area contributed by atoms with E-state index in [4.69, 9.17) is 152 Å². The van der Waals surface area contributed by atoms with Crippen LogP contribution in [-0.2, 0) is 106 Å². The molecule has 4 aliphatic heterocycles. The first-order valence-electron chi connectivity index (χ1n) is 24.6. The second-order valence-electron chi connectivity index (χ2n) is 18.1. The number of esters is 4. The summed E-state index contributed by atoms with van der Waals surface area (Å²) in [6, 6.07) is 14.2. The first kappa shape index (κ1) is 66.1. The quantitative estimate of drug-likeness (QED) is 0.0655. The summed E-state index contributed by atoms with van der Waals surface area (Å²) in [4.78, 5) is 92.9. The molecule has 0 radical (unpaired) electrons. The number of ether oxygens (including phenoxy) is 15. The van der Waals surface area contributed by atoms with Crippen LogP contribution in [0.4, 0.5) is 4.79 Å². The Morgan fingerprint density at radius 1 is 0.654 bits per heavy atom. The number of fused-ring (bicyclic) bond motifs is 1. The molecule has 0 unspecified atom stereocenters. The molecule has 4 aliphatic rings. The minimum absolute atomic E-state index is 0.0264. The van der Waals surface area contributed by atoms with E-state index >= 15 is 0 Å². The molecule has 6 rings (SSSR count). The molecule has 24 nitrogen and oxygen atoms in total. The summed E-state index contributed by atoms with van der Waals surface area (Å²) in [6.07, 6.45) is -23.3. The van der Waals surface area contributed by atoms with Crippen molar-refractivity contribution < 1.29 is 105 Å². The van der Waals surface area contributed by atoms with Crippen LogP contribution in [0.2, 0.25) is 0 Å². The standard InChI is InChI=1S/C50H57Cl7N2O22/c1-6-17-68-44-34(58-24(2)60)40(81-48(66)71-23-49(52,53)54)36(30(74-44)20-67-19-28-13-9-7-10-14-28)79-46-42(73-27(5)63)41(38(72-26(4)62)31(76-46)21-69-25(3)61)80-45-35(59-47(65)50(55,56)57)39(77-33(64)18-51)37-32(75-45)22-70-43(78-37)29-15-11-8-12-16-29/h6-16,30-32,34-46H,1,17-23H2,2-5H3,(H,58,60)(H,59,65)/t30-,31-,32-,34-,35-,36-,37-,38+,39-,40-,41+,42-,43-,44-,45+,46+/m1/s1. The number of carbonyl (C=O) groups is 7. The van der Waals surface area contributed by atoms with Gasteiger partial charge in [0, 0.05) is 33.3 Å². The second kappa shape index (κ2) is 30.7. The molecule has 0 saturated carbocycles. The first-order valence-corrected chi connectivity index (χ1v) is 27.4. The van der Waals surface area contributed by atoms with Crippen LogP contribution in [0, 0.1) is 0 Å². The van der Waals surface area contributed by atoms with Crippen LogP contribution in [0.5, 0.6) is 0 Å². The van der Waals surface area contributed by atoms with E-state index in [9.17, 15) is 33.6 Å². The lowest BCUT2D eigenvalue weighted by Gasteiger charge is -2.52. The van der Waals surface area contributed by atoms with Crippen molar-refractivity contribution in [1.82, 2.24) is 10.6 Å². The summed E-state index contributed by atoms with van der Waals surface area (Å²) in [6.45, 7) is 5.36. The molecule has 81 heavy (non-hydrogen) atoms. The van der Waals surface area contributed by atoms with Crippen molar-refractivity contribution in [3.63, 3.8) is 0 Å². The Morgan fingerprint density at radius 2 is 1.27 bits per heavy atom. The Balaban J connectivity index is 1.50. The molecular formula is C50H57Cl7N2O22. The minimum atomic E-state index is -2.70. The Labute approximate surface area is 499 Å². The maximum Gasteiger partial charge on any atom is 0.508 e. The molecule has 0 aliphatic carbocycles. The van der Waals surface area contributed by atoms with E-state index in [1.165, 1.54) is 6.08 Å². The van der Waals surface area contributed by atoms with Gasteiger partial charge >= 0.3 is 30.0 Å². The zero-order valence-corrected chi connectivity index (χ0v) is 48.7. The number of carbonyl (C=O) groups excluding carboxylic acids is 7. The molecule has 31 heteroatoms. The summed E-state index contributed by atoms with van der Waals surface area (Å²) in [5.41, 5.74) is 1.24. The fourth-order valence-corrected chi connectivity index (χ4v) is 9.19. The average Bonchev–Trinajstić information content (AvgIpc) is 3.60. The van der Waals surface area contributed by atoms with Gasteiger partial charge in [0.05, 0.1) is 26.4 Å². The number of hydrogen-bond acceptors (Lipinski definition) is 22. The number of hydrogen-bond donors (Lipinski definition) is 2. The van der Waals surface area contributed by atoms with Crippen molar-refractivity contribution in [1.29, 1.82) is 0 Å². The lowest BCUT2D eigenvalue weighted by Crippen LogP contribution is -2.71. The lowest BCUT2D eigenvalue weighted by molar-refractivity contribution is -0.382. The smallest absolute Gasteiger partial charge is 0.463 e. The predicted octanol–water partition coefficient (Wildman–Crippen LogP) is 5.29.